The van der Waals surface area contributed by atoms with Crippen molar-refractivity contribution >= 4 is 29.9 Å². The molecule has 1 atom stereocenters. The summed E-state index contributed by atoms with van der Waals surface area (Å²) in [6, 6.07) is 0.614. The number of nitrogens with zero attached hydrogens (tertiary/aromatic N) is 3. The van der Waals surface area contributed by atoms with E-state index in [1.165, 1.54) is 25.8 Å². The largest absolute Gasteiger partial charge is 0.379 e. The predicted octanol–water partition coefficient (Wildman–Crippen LogP) is 1.37. The van der Waals surface area contributed by atoms with Crippen molar-refractivity contribution in [2.75, 3.05) is 65.6 Å². The number of hydrogen-bond acceptors (Lipinski definition) is 4. The van der Waals surface area contributed by atoms with E-state index >= 15 is 0 Å². The van der Waals surface area contributed by atoms with Gasteiger partial charge in [0.15, 0.2) is 5.96 Å². The second-order valence-corrected chi connectivity index (χ2v) is 6.38. The van der Waals surface area contributed by atoms with Crippen molar-refractivity contribution in [3.8, 4) is 0 Å². The van der Waals surface area contributed by atoms with E-state index in [4.69, 9.17) is 9.73 Å². The molecule has 0 radical (unpaired) electrons. The number of likely N-dealkylation sites (tertiary alicyclic amines) is 1. The lowest BCUT2D eigenvalue weighted by Gasteiger charge is -2.34. The number of hydrogen-bond donors (Lipinski definition) is 2. The molecule has 1 unspecified atom stereocenters. The Labute approximate surface area is 164 Å². The molecule has 2 aliphatic rings. The van der Waals surface area contributed by atoms with Gasteiger partial charge < -0.3 is 15.4 Å². The first kappa shape index (κ1) is 21.9. The Kier molecular flexibility index (Phi) is 12.0. The van der Waals surface area contributed by atoms with Crippen molar-refractivity contribution in [1.82, 2.24) is 20.4 Å². The van der Waals surface area contributed by atoms with Gasteiger partial charge in [0.2, 0.25) is 0 Å². The predicted molar refractivity (Wildman–Crippen MR) is 112 cm³/mol. The number of aliphatic imine (C=N–C) groups is 1. The van der Waals surface area contributed by atoms with Crippen LogP contribution in [0, 0.1) is 0 Å². The molecule has 0 bridgehead atoms. The molecule has 142 valence electrons. The number of ether oxygens (including phenoxy) is 1. The van der Waals surface area contributed by atoms with Crippen LogP contribution < -0.4 is 10.6 Å². The van der Waals surface area contributed by atoms with E-state index in [1.54, 1.807) is 0 Å². The first-order chi connectivity index (χ1) is 11.3. The number of rotatable bonds is 7. The van der Waals surface area contributed by atoms with Crippen molar-refractivity contribution in [2.45, 2.75) is 39.2 Å². The fourth-order valence-corrected chi connectivity index (χ4v) is 3.38. The Bertz CT molecular complexity index is 350. The van der Waals surface area contributed by atoms with Crippen LogP contribution in [0.1, 0.15) is 33.1 Å². The molecule has 0 aromatic heterocycles. The van der Waals surface area contributed by atoms with Gasteiger partial charge in [-0.3, -0.25) is 14.8 Å². The van der Waals surface area contributed by atoms with Crippen molar-refractivity contribution in [3.05, 3.63) is 0 Å². The molecule has 2 rings (SSSR count). The summed E-state index contributed by atoms with van der Waals surface area (Å²) in [5.41, 5.74) is 0. The van der Waals surface area contributed by atoms with Crippen molar-refractivity contribution in [3.63, 3.8) is 0 Å². The third kappa shape index (κ3) is 7.84. The maximum absolute atomic E-state index is 5.39. The van der Waals surface area contributed by atoms with E-state index in [-0.39, 0.29) is 24.0 Å². The smallest absolute Gasteiger partial charge is 0.191 e. The van der Waals surface area contributed by atoms with E-state index in [2.05, 4.69) is 34.3 Å². The average Bonchev–Trinajstić information content (AvgIpc) is 2.61. The summed E-state index contributed by atoms with van der Waals surface area (Å²) in [7, 11) is 0. The van der Waals surface area contributed by atoms with Crippen LogP contribution >= 0.6 is 24.0 Å². The molecule has 6 nitrogen and oxygen atoms in total. The standard InChI is InChI=1S/C17H35N5O.HI/c1-3-18-17(19-8-10-21-11-13-23-14-12-21)20-15-16-7-5-6-9-22(16)4-2;/h16H,3-15H2,1-2H3,(H2,18,19,20);1H. The monoisotopic (exact) mass is 453 g/mol. The number of piperidine rings is 1. The Hall–Kier alpha value is -0.120. The van der Waals surface area contributed by atoms with Crippen LogP contribution in [0.3, 0.4) is 0 Å². The lowest BCUT2D eigenvalue weighted by Crippen LogP contribution is -2.45. The third-order valence-electron chi connectivity index (χ3n) is 4.78. The molecule has 24 heavy (non-hydrogen) atoms. The second kappa shape index (κ2) is 13.1. The SMILES string of the molecule is CCNC(=NCC1CCCCN1CC)NCCN1CCOCC1.I. The number of morpholine rings is 1. The molecule has 0 aromatic carbocycles. The molecule has 2 saturated heterocycles. The summed E-state index contributed by atoms with van der Waals surface area (Å²) in [6.45, 7) is 14.4. The molecular weight excluding hydrogens is 417 g/mol. The lowest BCUT2D eigenvalue weighted by atomic mass is 10.0. The van der Waals surface area contributed by atoms with Gasteiger partial charge in [-0.15, -0.1) is 24.0 Å². The van der Waals surface area contributed by atoms with E-state index in [0.717, 1.165) is 65.0 Å². The van der Waals surface area contributed by atoms with Gasteiger partial charge >= 0.3 is 0 Å². The first-order valence-electron chi connectivity index (χ1n) is 9.39. The zero-order valence-corrected chi connectivity index (χ0v) is 17.8. The molecule has 2 N–H and O–H groups in total. The summed E-state index contributed by atoms with van der Waals surface area (Å²) >= 11 is 0. The van der Waals surface area contributed by atoms with Gasteiger partial charge in [0.25, 0.3) is 0 Å². The van der Waals surface area contributed by atoms with Crippen LogP contribution in [-0.2, 0) is 4.74 Å². The molecule has 0 spiro atoms. The van der Waals surface area contributed by atoms with Gasteiger partial charge in [0, 0.05) is 38.8 Å². The van der Waals surface area contributed by atoms with Crippen LogP contribution in [0.4, 0.5) is 0 Å². The summed E-state index contributed by atoms with van der Waals surface area (Å²) < 4.78 is 5.39. The normalized spacial score (nSPS) is 23.6. The van der Waals surface area contributed by atoms with Gasteiger partial charge in [-0.25, -0.2) is 0 Å². The molecule has 2 fully saturated rings. The molecule has 0 saturated carbocycles. The first-order valence-corrected chi connectivity index (χ1v) is 9.39. The molecular formula is C17H36IN5O. The van der Waals surface area contributed by atoms with Gasteiger partial charge in [-0.2, -0.15) is 0 Å². The summed E-state index contributed by atoms with van der Waals surface area (Å²) in [4.78, 5) is 9.85. The Morgan fingerprint density at radius 3 is 2.62 bits per heavy atom. The average molecular weight is 453 g/mol. The summed E-state index contributed by atoms with van der Waals surface area (Å²) in [5, 5.41) is 6.85. The highest BCUT2D eigenvalue weighted by atomic mass is 127. The second-order valence-electron chi connectivity index (χ2n) is 6.38. The maximum Gasteiger partial charge on any atom is 0.191 e. The molecule has 2 heterocycles. The topological polar surface area (TPSA) is 52.1 Å². The highest BCUT2D eigenvalue weighted by Crippen LogP contribution is 2.16. The Balaban J connectivity index is 0.00000288. The van der Waals surface area contributed by atoms with E-state index in [1.807, 2.05) is 0 Å². The zero-order chi connectivity index (χ0) is 16.3. The van der Waals surface area contributed by atoms with E-state index < -0.39 is 0 Å². The number of halogens is 1. The minimum absolute atomic E-state index is 0. The number of nitrogens with one attached hydrogen (secondary N) is 2. The van der Waals surface area contributed by atoms with Crippen LogP contribution in [0.15, 0.2) is 4.99 Å². The molecule has 0 aromatic rings. The minimum Gasteiger partial charge on any atom is -0.379 e. The van der Waals surface area contributed by atoms with Crippen molar-refractivity contribution < 1.29 is 4.74 Å². The van der Waals surface area contributed by atoms with E-state index in [9.17, 15) is 0 Å². The summed E-state index contributed by atoms with van der Waals surface area (Å²) in [6.07, 6.45) is 3.97. The molecule has 2 aliphatic heterocycles. The van der Waals surface area contributed by atoms with Crippen LogP contribution in [0.5, 0.6) is 0 Å². The Morgan fingerprint density at radius 1 is 1.12 bits per heavy atom. The van der Waals surface area contributed by atoms with Crippen molar-refractivity contribution in [2.24, 2.45) is 4.99 Å². The lowest BCUT2D eigenvalue weighted by molar-refractivity contribution is 0.0389. The fraction of sp³-hybridized carbons (Fsp3) is 0.941. The fourth-order valence-electron chi connectivity index (χ4n) is 3.38. The van der Waals surface area contributed by atoms with Gasteiger partial charge in [0.1, 0.15) is 0 Å². The highest BCUT2D eigenvalue weighted by molar-refractivity contribution is 14.0. The minimum atomic E-state index is 0. The van der Waals surface area contributed by atoms with Crippen molar-refractivity contribution in [1.29, 1.82) is 0 Å². The van der Waals surface area contributed by atoms with Gasteiger partial charge in [-0.1, -0.05) is 13.3 Å². The quantitative estimate of drug-likeness (QED) is 0.347. The molecule has 7 heteroatoms. The maximum atomic E-state index is 5.39. The molecule has 0 aliphatic carbocycles. The van der Waals surface area contributed by atoms with Crippen LogP contribution in [0.2, 0.25) is 0 Å². The van der Waals surface area contributed by atoms with Crippen LogP contribution in [0.25, 0.3) is 0 Å². The van der Waals surface area contributed by atoms with E-state index in [0.29, 0.717) is 6.04 Å². The highest BCUT2D eigenvalue weighted by Gasteiger charge is 2.20. The zero-order valence-electron chi connectivity index (χ0n) is 15.4. The van der Waals surface area contributed by atoms with Gasteiger partial charge in [0.05, 0.1) is 19.8 Å². The number of guanidine groups is 1. The number of likely N-dealkylation sites (N-methyl/N-ethyl adjacent to an activating group) is 1. The third-order valence-corrected chi connectivity index (χ3v) is 4.78. The Morgan fingerprint density at radius 2 is 1.92 bits per heavy atom. The van der Waals surface area contributed by atoms with Crippen LogP contribution in [-0.4, -0.2) is 87.4 Å². The molecule has 0 amide bonds. The van der Waals surface area contributed by atoms with Gasteiger partial charge in [-0.05, 0) is 32.9 Å². The summed E-state index contributed by atoms with van der Waals surface area (Å²) in [5.74, 6) is 0.961.